The van der Waals surface area contributed by atoms with Gasteiger partial charge in [-0.1, -0.05) is 24.6 Å². The molecule has 2 aromatic rings. The maximum atomic E-state index is 13.5. The minimum atomic E-state index is -0.873. The number of nitrogens with zero attached hydrogens (tertiary/aromatic N) is 2. The van der Waals surface area contributed by atoms with Crippen molar-refractivity contribution in [3.8, 4) is 0 Å². The van der Waals surface area contributed by atoms with Gasteiger partial charge in [-0.25, -0.2) is 8.78 Å². The van der Waals surface area contributed by atoms with E-state index < -0.39 is 11.6 Å². The molecule has 0 saturated heterocycles. The summed E-state index contributed by atoms with van der Waals surface area (Å²) in [7, 11) is 0. The topological polar surface area (TPSA) is 29.9 Å². The predicted molar refractivity (Wildman–Crippen MR) is 79.5 cm³/mol. The zero-order valence-electron chi connectivity index (χ0n) is 12.2. The van der Waals surface area contributed by atoms with Crippen molar-refractivity contribution in [2.75, 3.05) is 6.54 Å². The van der Waals surface area contributed by atoms with Gasteiger partial charge in [-0.3, -0.25) is 4.68 Å². The minimum Gasteiger partial charge on any atom is -0.305 e. The van der Waals surface area contributed by atoms with Gasteiger partial charge in [0.1, 0.15) is 0 Å². The summed E-state index contributed by atoms with van der Waals surface area (Å²) in [5.41, 5.74) is 1.36. The summed E-state index contributed by atoms with van der Waals surface area (Å²) in [5, 5.41) is 8.01. The van der Waals surface area contributed by atoms with Crippen LogP contribution in [0.4, 0.5) is 8.78 Å². The van der Waals surface area contributed by atoms with Gasteiger partial charge < -0.3 is 5.32 Å². The average molecular weight is 314 g/mol. The Hall–Kier alpha value is -1.46. The number of nitrogens with one attached hydrogen (secondary N) is 1. The van der Waals surface area contributed by atoms with Crippen molar-refractivity contribution in [3.63, 3.8) is 0 Å². The molecule has 0 fully saturated rings. The maximum Gasteiger partial charge on any atom is 0.159 e. The van der Waals surface area contributed by atoms with Gasteiger partial charge in [0.2, 0.25) is 0 Å². The molecular formula is C15H18ClF2N3. The monoisotopic (exact) mass is 313 g/mol. The minimum absolute atomic E-state index is 0.110. The Bertz CT molecular complexity index is 625. The first kappa shape index (κ1) is 15.9. The molecule has 0 aliphatic heterocycles. The van der Waals surface area contributed by atoms with E-state index in [0.717, 1.165) is 11.8 Å². The molecule has 0 aliphatic rings. The van der Waals surface area contributed by atoms with Crippen molar-refractivity contribution in [2.45, 2.75) is 32.9 Å². The van der Waals surface area contributed by atoms with E-state index in [-0.39, 0.29) is 12.1 Å². The summed E-state index contributed by atoms with van der Waals surface area (Å²) < 4.78 is 28.4. The molecule has 3 nitrogen and oxygen atoms in total. The number of hydrogen-bond donors (Lipinski definition) is 1. The lowest BCUT2D eigenvalue weighted by Gasteiger charge is -2.22. The summed E-state index contributed by atoms with van der Waals surface area (Å²) in [6.07, 6.45) is 1.57. The Balaban J connectivity index is 2.53. The highest BCUT2D eigenvalue weighted by atomic mass is 35.5. The molecule has 1 aromatic carbocycles. The number of rotatable bonds is 5. The second kappa shape index (κ2) is 6.54. The summed E-state index contributed by atoms with van der Waals surface area (Å²) in [6.45, 7) is 6.57. The molecule has 0 amide bonds. The van der Waals surface area contributed by atoms with Crippen LogP contribution in [0.25, 0.3) is 0 Å². The Kier molecular flexibility index (Phi) is 4.96. The van der Waals surface area contributed by atoms with E-state index in [1.807, 2.05) is 20.8 Å². The molecule has 1 unspecified atom stereocenters. The van der Waals surface area contributed by atoms with E-state index in [0.29, 0.717) is 17.1 Å². The molecule has 21 heavy (non-hydrogen) atoms. The maximum absolute atomic E-state index is 13.5. The fourth-order valence-electron chi connectivity index (χ4n) is 2.30. The quantitative estimate of drug-likeness (QED) is 0.901. The Morgan fingerprint density at radius 1 is 1.29 bits per heavy atom. The van der Waals surface area contributed by atoms with E-state index in [1.165, 1.54) is 6.07 Å². The van der Waals surface area contributed by atoms with Crippen LogP contribution in [0.3, 0.4) is 0 Å². The van der Waals surface area contributed by atoms with Crippen LogP contribution in [0.15, 0.2) is 24.4 Å². The van der Waals surface area contributed by atoms with Gasteiger partial charge >= 0.3 is 0 Å². The highest BCUT2D eigenvalue weighted by Crippen LogP contribution is 2.30. The molecule has 1 N–H and O–H groups in total. The lowest BCUT2D eigenvalue weighted by atomic mass is 10.0. The van der Waals surface area contributed by atoms with E-state index in [4.69, 9.17) is 11.6 Å². The van der Waals surface area contributed by atoms with E-state index in [1.54, 1.807) is 16.9 Å². The second-order valence-corrected chi connectivity index (χ2v) is 5.49. The third kappa shape index (κ3) is 3.24. The standard InChI is InChI=1S/C15H18ClF2N3/c1-4-19-14(10-5-6-12(17)13(18)7-10)15-11(16)8-20-21(15)9(2)3/h5-9,14,19H,4H2,1-3H3. The number of halogens is 3. The summed E-state index contributed by atoms with van der Waals surface area (Å²) in [5.74, 6) is -1.74. The molecule has 1 heterocycles. The van der Waals surface area contributed by atoms with Crippen LogP contribution in [-0.2, 0) is 0 Å². The van der Waals surface area contributed by atoms with E-state index in [9.17, 15) is 8.78 Å². The number of benzene rings is 1. The molecule has 114 valence electrons. The lowest BCUT2D eigenvalue weighted by Crippen LogP contribution is -2.26. The third-order valence-electron chi connectivity index (χ3n) is 3.23. The Morgan fingerprint density at radius 3 is 2.57 bits per heavy atom. The van der Waals surface area contributed by atoms with Crippen LogP contribution >= 0.6 is 11.6 Å². The van der Waals surface area contributed by atoms with Crippen LogP contribution in [0.2, 0.25) is 5.02 Å². The third-order valence-corrected chi connectivity index (χ3v) is 3.53. The summed E-state index contributed by atoms with van der Waals surface area (Å²) in [6, 6.07) is 3.64. The van der Waals surface area contributed by atoms with Crippen molar-refractivity contribution in [3.05, 3.63) is 52.3 Å². The van der Waals surface area contributed by atoms with Crippen molar-refractivity contribution in [1.29, 1.82) is 0 Å². The van der Waals surface area contributed by atoms with Crippen LogP contribution in [0, 0.1) is 11.6 Å². The normalized spacial score (nSPS) is 12.9. The SMILES string of the molecule is CCNC(c1ccc(F)c(F)c1)c1c(Cl)cnn1C(C)C. The molecule has 6 heteroatoms. The average Bonchev–Trinajstić information content (AvgIpc) is 2.81. The Morgan fingerprint density at radius 2 is 2.00 bits per heavy atom. The molecule has 2 rings (SSSR count). The zero-order chi connectivity index (χ0) is 15.6. The van der Waals surface area contributed by atoms with Crippen LogP contribution in [0.1, 0.15) is 44.1 Å². The molecule has 0 saturated carbocycles. The first-order valence-electron chi connectivity index (χ1n) is 6.87. The molecule has 0 spiro atoms. The van der Waals surface area contributed by atoms with E-state index in [2.05, 4.69) is 10.4 Å². The molecule has 0 radical (unpaired) electrons. The molecule has 0 bridgehead atoms. The van der Waals surface area contributed by atoms with Crippen molar-refractivity contribution in [1.82, 2.24) is 15.1 Å². The largest absolute Gasteiger partial charge is 0.305 e. The highest BCUT2D eigenvalue weighted by molar-refractivity contribution is 6.31. The van der Waals surface area contributed by atoms with Crippen LogP contribution in [-0.4, -0.2) is 16.3 Å². The van der Waals surface area contributed by atoms with E-state index >= 15 is 0 Å². The summed E-state index contributed by atoms with van der Waals surface area (Å²) in [4.78, 5) is 0. The first-order chi connectivity index (χ1) is 9.95. The van der Waals surface area contributed by atoms with Gasteiger partial charge in [0.15, 0.2) is 11.6 Å². The number of hydrogen-bond acceptors (Lipinski definition) is 2. The van der Waals surface area contributed by atoms with Gasteiger partial charge in [-0.05, 0) is 38.1 Å². The molecular weight excluding hydrogens is 296 g/mol. The summed E-state index contributed by atoms with van der Waals surface area (Å²) >= 11 is 6.25. The number of aromatic nitrogens is 2. The van der Waals surface area contributed by atoms with Crippen molar-refractivity contribution >= 4 is 11.6 Å². The van der Waals surface area contributed by atoms with Crippen LogP contribution in [0.5, 0.6) is 0 Å². The first-order valence-corrected chi connectivity index (χ1v) is 7.24. The zero-order valence-corrected chi connectivity index (χ0v) is 13.0. The fraction of sp³-hybridized carbons (Fsp3) is 0.400. The molecule has 0 aliphatic carbocycles. The molecule has 1 atom stereocenters. The fourth-order valence-corrected chi connectivity index (χ4v) is 2.54. The lowest BCUT2D eigenvalue weighted by molar-refractivity contribution is 0.471. The predicted octanol–water partition coefficient (Wildman–Crippen LogP) is 4.09. The van der Waals surface area contributed by atoms with Gasteiger partial charge in [0.25, 0.3) is 0 Å². The molecule has 1 aromatic heterocycles. The highest BCUT2D eigenvalue weighted by Gasteiger charge is 2.23. The van der Waals surface area contributed by atoms with Gasteiger partial charge in [0, 0.05) is 6.04 Å². The van der Waals surface area contributed by atoms with Crippen LogP contribution < -0.4 is 5.32 Å². The van der Waals surface area contributed by atoms with Gasteiger partial charge in [0.05, 0.1) is 23.0 Å². The second-order valence-electron chi connectivity index (χ2n) is 5.08. The van der Waals surface area contributed by atoms with Gasteiger partial charge in [-0.15, -0.1) is 0 Å². The Labute approximate surface area is 127 Å². The van der Waals surface area contributed by atoms with Gasteiger partial charge in [-0.2, -0.15) is 5.10 Å². The van der Waals surface area contributed by atoms with Crippen molar-refractivity contribution < 1.29 is 8.78 Å². The van der Waals surface area contributed by atoms with Crippen molar-refractivity contribution in [2.24, 2.45) is 0 Å². The smallest absolute Gasteiger partial charge is 0.159 e.